The molecule has 0 spiro atoms. The Morgan fingerprint density at radius 2 is 1.76 bits per heavy atom. The average Bonchev–Trinajstić information content (AvgIpc) is 2.42. The van der Waals surface area contributed by atoms with Crippen molar-refractivity contribution in [2.75, 3.05) is 20.2 Å². The van der Waals surface area contributed by atoms with Crippen LogP contribution in [0, 0.1) is 5.41 Å². The largest absolute Gasteiger partial charge is 0.396 e. The first-order chi connectivity index (χ1) is 9.96. The van der Waals surface area contributed by atoms with Crippen LogP contribution in [0.4, 0.5) is 4.79 Å². The molecular weight excluding hydrogens is 264 g/mol. The maximum Gasteiger partial charge on any atom is 0.317 e. The SMILES string of the molecule is CN(C(=O)NCCCC(C)(C)CO)C1CCCCCCC1. The molecule has 21 heavy (non-hydrogen) atoms. The second kappa shape index (κ2) is 9.29. The van der Waals surface area contributed by atoms with Crippen LogP contribution in [0.15, 0.2) is 0 Å². The first kappa shape index (κ1) is 18.3. The van der Waals surface area contributed by atoms with Gasteiger partial charge in [-0.05, 0) is 31.1 Å². The van der Waals surface area contributed by atoms with Gasteiger partial charge in [-0.1, -0.05) is 46.0 Å². The quantitative estimate of drug-likeness (QED) is 0.737. The Kier molecular flexibility index (Phi) is 8.09. The molecule has 1 aliphatic carbocycles. The van der Waals surface area contributed by atoms with Crippen LogP contribution in [0.5, 0.6) is 0 Å². The van der Waals surface area contributed by atoms with E-state index in [2.05, 4.69) is 19.2 Å². The van der Waals surface area contributed by atoms with Gasteiger partial charge in [-0.3, -0.25) is 0 Å². The van der Waals surface area contributed by atoms with Crippen molar-refractivity contribution >= 4 is 6.03 Å². The van der Waals surface area contributed by atoms with Crippen molar-refractivity contribution in [1.29, 1.82) is 0 Å². The van der Waals surface area contributed by atoms with Crippen LogP contribution in [-0.2, 0) is 0 Å². The van der Waals surface area contributed by atoms with Crippen LogP contribution in [0.3, 0.4) is 0 Å². The number of hydrogen-bond acceptors (Lipinski definition) is 2. The number of hydrogen-bond donors (Lipinski definition) is 2. The molecule has 0 heterocycles. The van der Waals surface area contributed by atoms with Gasteiger partial charge >= 0.3 is 6.03 Å². The van der Waals surface area contributed by atoms with E-state index in [0.717, 1.165) is 25.7 Å². The van der Waals surface area contributed by atoms with E-state index in [1.807, 2.05) is 11.9 Å². The molecule has 0 atom stereocenters. The van der Waals surface area contributed by atoms with Gasteiger partial charge in [-0.15, -0.1) is 0 Å². The molecule has 0 unspecified atom stereocenters. The number of nitrogens with zero attached hydrogens (tertiary/aromatic N) is 1. The van der Waals surface area contributed by atoms with Crippen molar-refractivity contribution in [3.63, 3.8) is 0 Å². The Morgan fingerprint density at radius 3 is 2.33 bits per heavy atom. The van der Waals surface area contributed by atoms with E-state index in [4.69, 9.17) is 0 Å². The Bertz CT molecular complexity index is 297. The third kappa shape index (κ3) is 7.16. The number of amides is 2. The highest BCUT2D eigenvalue weighted by Crippen LogP contribution is 2.21. The normalized spacial score (nSPS) is 17.9. The van der Waals surface area contributed by atoms with Gasteiger partial charge < -0.3 is 15.3 Å². The number of aliphatic hydroxyl groups excluding tert-OH is 1. The van der Waals surface area contributed by atoms with Crippen molar-refractivity contribution < 1.29 is 9.90 Å². The Labute approximate surface area is 130 Å². The van der Waals surface area contributed by atoms with Gasteiger partial charge in [0.25, 0.3) is 0 Å². The summed E-state index contributed by atoms with van der Waals surface area (Å²) in [4.78, 5) is 14.1. The number of carbonyl (C=O) groups is 1. The summed E-state index contributed by atoms with van der Waals surface area (Å²) in [5, 5.41) is 12.2. The maximum absolute atomic E-state index is 12.2. The molecule has 4 heteroatoms. The van der Waals surface area contributed by atoms with Crippen molar-refractivity contribution in [2.45, 2.75) is 77.7 Å². The highest BCUT2D eigenvalue weighted by Gasteiger charge is 2.20. The summed E-state index contributed by atoms with van der Waals surface area (Å²) in [6.07, 6.45) is 10.6. The molecule has 0 bridgehead atoms. The van der Waals surface area contributed by atoms with Crippen LogP contribution in [0.25, 0.3) is 0 Å². The lowest BCUT2D eigenvalue weighted by atomic mass is 9.89. The van der Waals surface area contributed by atoms with E-state index in [-0.39, 0.29) is 18.1 Å². The molecule has 0 aromatic heterocycles. The molecule has 1 fully saturated rings. The highest BCUT2D eigenvalue weighted by molar-refractivity contribution is 5.74. The fourth-order valence-electron chi connectivity index (χ4n) is 2.95. The predicted molar refractivity (Wildman–Crippen MR) is 87.4 cm³/mol. The van der Waals surface area contributed by atoms with Crippen molar-refractivity contribution in [3.05, 3.63) is 0 Å². The first-order valence-electron chi connectivity index (χ1n) is 8.58. The van der Waals surface area contributed by atoms with E-state index >= 15 is 0 Å². The summed E-state index contributed by atoms with van der Waals surface area (Å²) in [5.74, 6) is 0. The molecule has 0 aromatic rings. The summed E-state index contributed by atoms with van der Waals surface area (Å²) < 4.78 is 0. The Hall–Kier alpha value is -0.770. The van der Waals surface area contributed by atoms with Crippen molar-refractivity contribution in [3.8, 4) is 0 Å². The zero-order valence-electron chi connectivity index (χ0n) is 14.2. The van der Waals surface area contributed by atoms with Gasteiger partial charge in [0.05, 0.1) is 0 Å². The van der Waals surface area contributed by atoms with E-state index in [0.29, 0.717) is 12.6 Å². The topological polar surface area (TPSA) is 52.6 Å². The third-order valence-electron chi connectivity index (χ3n) is 4.68. The van der Waals surface area contributed by atoms with Gasteiger partial charge in [-0.2, -0.15) is 0 Å². The molecule has 1 aliphatic rings. The number of rotatable bonds is 6. The van der Waals surface area contributed by atoms with Crippen LogP contribution in [0.2, 0.25) is 0 Å². The average molecular weight is 298 g/mol. The van der Waals surface area contributed by atoms with Crippen LogP contribution >= 0.6 is 0 Å². The molecule has 1 rings (SSSR count). The fraction of sp³-hybridized carbons (Fsp3) is 0.941. The van der Waals surface area contributed by atoms with Gasteiger partial charge in [0, 0.05) is 26.2 Å². The number of carbonyl (C=O) groups excluding carboxylic acids is 1. The molecule has 2 N–H and O–H groups in total. The van der Waals surface area contributed by atoms with Crippen LogP contribution < -0.4 is 5.32 Å². The molecule has 124 valence electrons. The summed E-state index contributed by atoms with van der Waals surface area (Å²) in [6, 6.07) is 0.460. The zero-order valence-corrected chi connectivity index (χ0v) is 14.2. The summed E-state index contributed by atoms with van der Waals surface area (Å²) >= 11 is 0. The molecule has 0 radical (unpaired) electrons. The van der Waals surface area contributed by atoms with E-state index in [9.17, 15) is 9.90 Å². The van der Waals surface area contributed by atoms with E-state index in [1.54, 1.807) is 0 Å². The molecular formula is C17H34N2O2. The third-order valence-corrected chi connectivity index (χ3v) is 4.68. The molecule has 4 nitrogen and oxygen atoms in total. The lowest BCUT2D eigenvalue weighted by Gasteiger charge is -2.30. The predicted octanol–water partition coefficient (Wildman–Crippen LogP) is 3.54. The van der Waals surface area contributed by atoms with Crippen molar-refractivity contribution in [1.82, 2.24) is 10.2 Å². The minimum Gasteiger partial charge on any atom is -0.396 e. The highest BCUT2D eigenvalue weighted by atomic mass is 16.3. The summed E-state index contributed by atoms with van der Waals surface area (Å²) in [6.45, 7) is 4.99. The van der Waals surface area contributed by atoms with Crippen molar-refractivity contribution in [2.24, 2.45) is 5.41 Å². The van der Waals surface area contributed by atoms with Gasteiger partial charge in [-0.25, -0.2) is 4.79 Å². The fourth-order valence-corrected chi connectivity index (χ4v) is 2.95. The summed E-state index contributed by atoms with van der Waals surface area (Å²) in [5.41, 5.74) is -0.0455. The zero-order chi connectivity index (χ0) is 15.7. The standard InChI is InChI=1S/C17H34N2O2/c1-17(2,14-20)12-9-13-18-16(21)19(3)15-10-7-5-4-6-8-11-15/h15,20H,4-14H2,1-3H3,(H,18,21). The Balaban J connectivity index is 2.26. The van der Waals surface area contributed by atoms with E-state index in [1.165, 1.54) is 32.1 Å². The van der Waals surface area contributed by atoms with E-state index < -0.39 is 0 Å². The number of nitrogens with one attached hydrogen (secondary N) is 1. The van der Waals surface area contributed by atoms with Gasteiger partial charge in [0.1, 0.15) is 0 Å². The summed E-state index contributed by atoms with van der Waals surface area (Å²) in [7, 11) is 1.93. The lowest BCUT2D eigenvalue weighted by Crippen LogP contribution is -2.44. The molecule has 1 saturated carbocycles. The van der Waals surface area contributed by atoms with Gasteiger partial charge in [0.15, 0.2) is 0 Å². The maximum atomic E-state index is 12.2. The molecule has 0 aliphatic heterocycles. The smallest absolute Gasteiger partial charge is 0.317 e. The molecule has 0 aromatic carbocycles. The minimum atomic E-state index is -0.0455. The lowest BCUT2D eigenvalue weighted by molar-refractivity contribution is 0.147. The second-order valence-electron chi connectivity index (χ2n) is 7.27. The minimum absolute atomic E-state index is 0.0455. The van der Waals surface area contributed by atoms with Crippen LogP contribution in [-0.4, -0.2) is 42.3 Å². The number of urea groups is 1. The number of aliphatic hydroxyl groups is 1. The second-order valence-corrected chi connectivity index (χ2v) is 7.27. The first-order valence-corrected chi connectivity index (χ1v) is 8.58. The monoisotopic (exact) mass is 298 g/mol. The molecule has 0 saturated heterocycles. The van der Waals surface area contributed by atoms with Gasteiger partial charge in [0.2, 0.25) is 0 Å². The molecule has 2 amide bonds. The Morgan fingerprint density at radius 1 is 1.19 bits per heavy atom. The van der Waals surface area contributed by atoms with Crippen LogP contribution in [0.1, 0.15) is 71.6 Å².